The van der Waals surface area contributed by atoms with E-state index in [1.54, 1.807) is 17.9 Å². The SMILES string of the molecule is Cc1cc(F)ccc1N1CCN(C(=O)N[C@@H](C(=O)Nc2cccc(CN(C)C)c2)[C@H](C)c2c[nH]c3ccccc23)CC1=O. The molecule has 9 nitrogen and oxygen atoms in total. The van der Waals surface area contributed by atoms with Crippen molar-refractivity contribution in [1.29, 1.82) is 0 Å². The number of amides is 4. The highest BCUT2D eigenvalue weighted by molar-refractivity contribution is 6.01. The summed E-state index contributed by atoms with van der Waals surface area (Å²) in [5, 5.41) is 6.90. The first-order valence-electron chi connectivity index (χ1n) is 14.3. The average Bonchev–Trinajstić information content (AvgIpc) is 3.40. The minimum Gasteiger partial charge on any atom is -0.361 e. The van der Waals surface area contributed by atoms with Crippen LogP contribution in [0.3, 0.4) is 0 Å². The third-order valence-corrected chi connectivity index (χ3v) is 7.82. The number of aryl methyl sites for hydroxylation is 1. The van der Waals surface area contributed by atoms with Gasteiger partial charge < -0.3 is 30.3 Å². The maximum Gasteiger partial charge on any atom is 0.318 e. The van der Waals surface area contributed by atoms with Gasteiger partial charge in [-0.15, -0.1) is 0 Å². The second-order valence-corrected chi connectivity index (χ2v) is 11.3. The van der Waals surface area contributed by atoms with Crippen molar-refractivity contribution >= 4 is 40.1 Å². The lowest BCUT2D eigenvalue weighted by Crippen LogP contribution is -2.58. The molecule has 0 spiro atoms. The topological polar surface area (TPSA) is 101 Å². The largest absolute Gasteiger partial charge is 0.361 e. The smallest absolute Gasteiger partial charge is 0.318 e. The Morgan fingerprint density at radius 3 is 2.58 bits per heavy atom. The van der Waals surface area contributed by atoms with Crippen LogP contribution >= 0.6 is 0 Å². The summed E-state index contributed by atoms with van der Waals surface area (Å²) in [6, 6.07) is 18.3. The fraction of sp³-hybridized carbons (Fsp3) is 0.303. The monoisotopic (exact) mass is 584 g/mol. The van der Waals surface area contributed by atoms with Crippen molar-refractivity contribution in [2.45, 2.75) is 32.4 Å². The van der Waals surface area contributed by atoms with E-state index in [9.17, 15) is 18.8 Å². The molecule has 4 aromatic rings. The maximum atomic E-state index is 13.8. The van der Waals surface area contributed by atoms with Crippen molar-refractivity contribution < 1.29 is 18.8 Å². The summed E-state index contributed by atoms with van der Waals surface area (Å²) in [6.45, 7) is 4.72. The van der Waals surface area contributed by atoms with Crippen molar-refractivity contribution in [3.63, 3.8) is 0 Å². The second kappa shape index (κ2) is 12.7. The number of fused-ring (bicyclic) bond motifs is 1. The number of anilines is 2. The van der Waals surface area contributed by atoms with Gasteiger partial charge in [0, 0.05) is 54.0 Å². The van der Waals surface area contributed by atoms with E-state index in [0.717, 1.165) is 22.0 Å². The van der Waals surface area contributed by atoms with E-state index < -0.39 is 18.0 Å². The van der Waals surface area contributed by atoms with Gasteiger partial charge in [-0.05, 0) is 74.1 Å². The van der Waals surface area contributed by atoms with Crippen LogP contribution < -0.4 is 15.5 Å². The summed E-state index contributed by atoms with van der Waals surface area (Å²) < 4.78 is 13.6. The first-order chi connectivity index (χ1) is 20.6. The zero-order valence-electron chi connectivity index (χ0n) is 24.9. The van der Waals surface area contributed by atoms with Crippen LogP contribution in [0.1, 0.15) is 29.5 Å². The number of hydrogen-bond donors (Lipinski definition) is 3. The van der Waals surface area contributed by atoms with E-state index in [4.69, 9.17) is 0 Å². The van der Waals surface area contributed by atoms with Gasteiger partial charge in [0.2, 0.25) is 11.8 Å². The molecule has 1 aromatic heterocycles. The number of nitrogens with zero attached hydrogens (tertiary/aromatic N) is 3. The van der Waals surface area contributed by atoms with Gasteiger partial charge in [-0.25, -0.2) is 9.18 Å². The number of nitrogens with one attached hydrogen (secondary N) is 3. The Morgan fingerprint density at radius 2 is 1.84 bits per heavy atom. The Kier molecular flexibility index (Phi) is 8.77. The Bertz CT molecular complexity index is 1650. The molecule has 0 aliphatic carbocycles. The lowest BCUT2D eigenvalue weighted by Gasteiger charge is -2.36. The summed E-state index contributed by atoms with van der Waals surface area (Å²) >= 11 is 0. The first kappa shape index (κ1) is 29.8. The number of H-pyrrole nitrogens is 1. The molecule has 1 aliphatic heterocycles. The van der Waals surface area contributed by atoms with Crippen molar-refractivity contribution in [2.75, 3.05) is 43.9 Å². The molecule has 3 aromatic carbocycles. The number of halogens is 1. The predicted molar refractivity (Wildman–Crippen MR) is 167 cm³/mol. The van der Waals surface area contributed by atoms with Crippen molar-refractivity contribution in [2.24, 2.45) is 0 Å². The number of rotatable bonds is 8. The molecule has 3 N–H and O–H groups in total. The second-order valence-electron chi connectivity index (χ2n) is 11.3. The van der Waals surface area contributed by atoms with Gasteiger partial charge >= 0.3 is 6.03 Å². The fourth-order valence-corrected chi connectivity index (χ4v) is 5.65. The van der Waals surface area contributed by atoms with Crippen LogP contribution in [0.4, 0.5) is 20.6 Å². The normalized spacial score (nSPS) is 15.1. The Balaban J connectivity index is 1.36. The Morgan fingerprint density at radius 1 is 1.05 bits per heavy atom. The molecule has 4 amide bonds. The average molecular weight is 585 g/mol. The molecular weight excluding hydrogens is 547 g/mol. The molecular formula is C33H37FN6O3. The van der Waals surface area contributed by atoms with Crippen LogP contribution in [0.15, 0.2) is 72.9 Å². The van der Waals surface area contributed by atoms with E-state index >= 15 is 0 Å². The van der Waals surface area contributed by atoms with Crippen LogP contribution in [-0.2, 0) is 16.1 Å². The summed E-state index contributed by atoms with van der Waals surface area (Å²) in [6.07, 6.45) is 1.87. The standard InChI is InChI=1S/C33H37FN6O3/c1-21-16-24(34)12-13-29(21)40-15-14-39(20-30(40)41)33(43)37-31(22(2)27-18-35-28-11-6-5-10-26(27)28)32(42)36-25-9-7-8-23(17-25)19-38(3)4/h5-13,16-18,22,31,35H,14-15,19-20H2,1-4H3,(H,36,42)(H,37,43)/t22-,31-/m1/s1. The number of aromatic nitrogens is 1. The number of para-hydroxylation sites is 1. The molecule has 1 saturated heterocycles. The van der Waals surface area contributed by atoms with E-state index in [1.165, 1.54) is 17.0 Å². The predicted octanol–water partition coefficient (Wildman–Crippen LogP) is 4.85. The van der Waals surface area contributed by atoms with E-state index in [-0.39, 0.29) is 37.3 Å². The van der Waals surface area contributed by atoms with Crippen LogP contribution in [0.2, 0.25) is 0 Å². The van der Waals surface area contributed by atoms with Gasteiger partial charge in [0.05, 0.1) is 0 Å². The molecule has 2 heterocycles. The number of aromatic amines is 1. The van der Waals surface area contributed by atoms with Gasteiger partial charge in [-0.1, -0.05) is 37.3 Å². The first-order valence-corrected chi connectivity index (χ1v) is 14.3. The van der Waals surface area contributed by atoms with Gasteiger partial charge in [0.15, 0.2) is 0 Å². The molecule has 43 heavy (non-hydrogen) atoms. The molecule has 0 bridgehead atoms. The van der Waals surface area contributed by atoms with Gasteiger partial charge in [-0.2, -0.15) is 0 Å². The molecule has 1 aliphatic rings. The van der Waals surface area contributed by atoms with Gasteiger partial charge in [0.1, 0.15) is 18.4 Å². The number of hydrogen-bond acceptors (Lipinski definition) is 4. The Labute approximate surface area is 250 Å². The van der Waals surface area contributed by atoms with Crippen LogP contribution in [0.25, 0.3) is 10.9 Å². The fourth-order valence-electron chi connectivity index (χ4n) is 5.65. The zero-order chi connectivity index (χ0) is 30.7. The highest BCUT2D eigenvalue weighted by Crippen LogP contribution is 2.29. The number of carbonyl (C=O) groups is 3. The molecule has 1 fully saturated rings. The lowest BCUT2D eigenvalue weighted by atomic mass is 9.92. The summed E-state index contributed by atoms with van der Waals surface area (Å²) in [7, 11) is 3.95. The highest BCUT2D eigenvalue weighted by Gasteiger charge is 2.34. The number of benzene rings is 3. The lowest BCUT2D eigenvalue weighted by molar-refractivity contribution is -0.120. The van der Waals surface area contributed by atoms with Crippen LogP contribution in [-0.4, -0.2) is 72.4 Å². The maximum absolute atomic E-state index is 13.8. The molecule has 5 rings (SSSR count). The van der Waals surface area contributed by atoms with Crippen molar-refractivity contribution in [1.82, 2.24) is 20.1 Å². The number of carbonyl (C=O) groups excluding carboxylic acids is 3. The molecule has 224 valence electrons. The summed E-state index contributed by atoms with van der Waals surface area (Å²) in [5.41, 5.74) is 4.77. The number of piperazine rings is 1. The minimum atomic E-state index is -0.934. The molecule has 0 radical (unpaired) electrons. The van der Waals surface area contributed by atoms with E-state index in [0.29, 0.717) is 23.5 Å². The third kappa shape index (κ3) is 6.70. The van der Waals surface area contributed by atoms with E-state index in [2.05, 4.69) is 15.6 Å². The number of urea groups is 1. The Hall–Kier alpha value is -4.70. The van der Waals surface area contributed by atoms with E-state index in [1.807, 2.05) is 80.6 Å². The zero-order valence-corrected chi connectivity index (χ0v) is 24.9. The van der Waals surface area contributed by atoms with Crippen molar-refractivity contribution in [3.05, 3.63) is 95.4 Å². The summed E-state index contributed by atoms with van der Waals surface area (Å²) in [4.78, 5) is 48.8. The molecule has 2 atom stereocenters. The summed E-state index contributed by atoms with van der Waals surface area (Å²) in [5.74, 6) is -1.41. The van der Waals surface area contributed by atoms with Gasteiger partial charge in [0.25, 0.3) is 0 Å². The van der Waals surface area contributed by atoms with Crippen LogP contribution in [0.5, 0.6) is 0 Å². The van der Waals surface area contributed by atoms with Gasteiger partial charge in [-0.3, -0.25) is 9.59 Å². The molecule has 0 saturated carbocycles. The van der Waals surface area contributed by atoms with Crippen LogP contribution in [0, 0.1) is 12.7 Å². The minimum absolute atomic E-state index is 0.162. The molecule has 10 heteroatoms. The quantitative estimate of drug-likeness (QED) is 0.276. The van der Waals surface area contributed by atoms with Crippen molar-refractivity contribution in [3.8, 4) is 0 Å². The highest BCUT2D eigenvalue weighted by atomic mass is 19.1. The third-order valence-electron chi connectivity index (χ3n) is 7.82. The molecule has 0 unspecified atom stereocenters.